The molecule has 0 spiro atoms. The first-order valence-corrected chi connectivity index (χ1v) is 12.8. The van der Waals surface area contributed by atoms with Crippen LogP contribution in [0.15, 0.2) is 42.6 Å². The Balaban J connectivity index is 1.51. The zero-order valence-corrected chi connectivity index (χ0v) is 22.2. The Labute approximate surface area is 214 Å². The van der Waals surface area contributed by atoms with E-state index in [2.05, 4.69) is 48.5 Å². The first-order valence-electron chi connectivity index (χ1n) is 12.4. The molecular weight excluding hydrogens is 462 g/mol. The van der Waals surface area contributed by atoms with E-state index in [1.807, 2.05) is 12.1 Å². The number of ether oxygens (including phenoxy) is 1. The third kappa shape index (κ3) is 6.66. The van der Waals surface area contributed by atoms with Crippen LogP contribution < -0.4 is 20.7 Å². The molecule has 2 aliphatic heterocycles. The van der Waals surface area contributed by atoms with E-state index >= 15 is 0 Å². The molecular formula is C27H38ClN5O2. The molecule has 3 N–H and O–H groups in total. The lowest BCUT2D eigenvalue weighted by Crippen LogP contribution is -2.64. The Kier molecular flexibility index (Phi) is 7.60. The molecule has 2 aliphatic rings. The zero-order valence-electron chi connectivity index (χ0n) is 21.4. The third-order valence-electron chi connectivity index (χ3n) is 7.12. The third-order valence-corrected chi connectivity index (χ3v) is 7.37. The van der Waals surface area contributed by atoms with E-state index in [0.29, 0.717) is 16.8 Å². The molecule has 2 atom stereocenters. The summed E-state index contributed by atoms with van der Waals surface area (Å²) < 4.78 is 5.32. The van der Waals surface area contributed by atoms with Crippen molar-refractivity contribution in [1.82, 2.24) is 20.5 Å². The number of anilines is 1. The smallest absolute Gasteiger partial charge is 0.319 e. The summed E-state index contributed by atoms with van der Waals surface area (Å²) in [5.41, 5.74) is 1.84. The van der Waals surface area contributed by atoms with E-state index in [4.69, 9.17) is 21.3 Å². The summed E-state index contributed by atoms with van der Waals surface area (Å²) in [5.74, 6) is 0.806. The number of likely N-dealkylation sites (tertiary alicyclic amines) is 1. The highest BCUT2D eigenvalue weighted by atomic mass is 35.5. The van der Waals surface area contributed by atoms with Crippen LogP contribution in [0.3, 0.4) is 0 Å². The number of nitrogens with zero attached hydrogens (tertiary/aromatic N) is 2. The quantitative estimate of drug-likeness (QED) is 0.537. The van der Waals surface area contributed by atoms with E-state index in [9.17, 15) is 4.79 Å². The summed E-state index contributed by atoms with van der Waals surface area (Å²) in [6.45, 7) is 11.0. The zero-order chi connectivity index (χ0) is 25.2. The van der Waals surface area contributed by atoms with E-state index in [1.165, 1.54) is 0 Å². The number of urea groups is 1. The van der Waals surface area contributed by atoms with Crippen molar-refractivity contribution in [2.24, 2.45) is 0 Å². The van der Waals surface area contributed by atoms with Crippen molar-refractivity contribution in [2.75, 3.05) is 25.5 Å². The van der Waals surface area contributed by atoms with E-state index in [0.717, 1.165) is 43.8 Å². The van der Waals surface area contributed by atoms with Gasteiger partial charge in [0.15, 0.2) is 0 Å². The van der Waals surface area contributed by atoms with Crippen LogP contribution >= 0.6 is 11.6 Å². The average molecular weight is 500 g/mol. The number of pyridine rings is 1. The number of hydrogen-bond donors (Lipinski definition) is 3. The molecule has 4 rings (SSSR count). The predicted molar refractivity (Wildman–Crippen MR) is 141 cm³/mol. The minimum atomic E-state index is -0.214. The van der Waals surface area contributed by atoms with Crippen LogP contribution in [0.4, 0.5) is 10.5 Å². The topological polar surface area (TPSA) is 78.5 Å². The maximum absolute atomic E-state index is 12.9. The molecule has 1 aromatic heterocycles. The Hall–Kier alpha value is -2.35. The molecule has 2 aromatic rings. The van der Waals surface area contributed by atoms with Crippen molar-refractivity contribution in [2.45, 2.75) is 76.0 Å². The average Bonchev–Trinajstić information content (AvgIpc) is 2.79. The van der Waals surface area contributed by atoms with Crippen molar-refractivity contribution in [1.29, 1.82) is 0 Å². The lowest BCUT2D eigenvalue weighted by molar-refractivity contribution is 0.0425. The second-order valence-electron chi connectivity index (χ2n) is 11.2. The highest BCUT2D eigenvalue weighted by Gasteiger charge is 2.42. The summed E-state index contributed by atoms with van der Waals surface area (Å²) in [5, 5.41) is 10.6. The molecule has 190 valence electrons. The molecule has 8 heteroatoms. The minimum absolute atomic E-state index is 0.0258. The second-order valence-corrected chi connectivity index (χ2v) is 11.6. The van der Waals surface area contributed by atoms with Gasteiger partial charge in [0.1, 0.15) is 5.75 Å². The van der Waals surface area contributed by atoms with Crippen molar-refractivity contribution < 1.29 is 9.53 Å². The maximum atomic E-state index is 12.9. The van der Waals surface area contributed by atoms with Crippen molar-refractivity contribution in [3.05, 3.63) is 53.3 Å². The molecule has 3 heterocycles. The summed E-state index contributed by atoms with van der Waals surface area (Å²) in [4.78, 5) is 20.2. The molecule has 2 amide bonds. The number of benzene rings is 1. The summed E-state index contributed by atoms with van der Waals surface area (Å²) in [7, 11) is 1.64. The number of carbonyl (C=O) groups excluding carboxylic acids is 1. The van der Waals surface area contributed by atoms with Crippen LogP contribution in [-0.4, -0.2) is 59.3 Å². The van der Waals surface area contributed by atoms with Gasteiger partial charge in [-0.25, -0.2) is 4.79 Å². The van der Waals surface area contributed by atoms with Crippen LogP contribution in [0.1, 0.15) is 58.6 Å². The molecule has 0 radical (unpaired) electrons. The van der Waals surface area contributed by atoms with Crippen LogP contribution in [0, 0.1) is 0 Å². The number of rotatable bonds is 5. The molecule has 7 nitrogen and oxygen atoms in total. The fourth-order valence-corrected chi connectivity index (χ4v) is 6.03. The van der Waals surface area contributed by atoms with Crippen LogP contribution in [0.5, 0.6) is 5.75 Å². The molecule has 2 saturated heterocycles. The number of piperidine rings is 2. The number of halogens is 1. The molecule has 0 saturated carbocycles. The highest BCUT2D eigenvalue weighted by molar-refractivity contribution is 6.30. The van der Waals surface area contributed by atoms with Gasteiger partial charge in [-0.05, 0) is 83.4 Å². The number of hydrogen-bond acceptors (Lipinski definition) is 5. The fraction of sp³-hybridized carbons (Fsp3) is 0.556. The Morgan fingerprint density at radius 3 is 2.40 bits per heavy atom. The van der Waals surface area contributed by atoms with Gasteiger partial charge in [0.05, 0.1) is 13.3 Å². The number of methoxy groups -OCH3 is 1. The summed E-state index contributed by atoms with van der Waals surface area (Å²) in [6, 6.07) is 11.3. The van der Waals surface area contributed by atoms with Gasteiger partial charge in [-0.2, -0.15) is 0 Å². The monoisotopic (exact) mass is 499 g/mol. The van der Waals surface area contributed by atoms with E-state index in [-0.39, 0.29) is 29.1 Å². The molecule has 1 aromatic carbocycles. The SMILES string of the molecule is COc1ccc([C@@H]2CN(C3CC(C)(C)NC(C)(C)C3)CC[C@H]2NC(=O)Nc2ccc(Cl)cc2)nc1. The van der Waals surface area contributed by atoms with Crippen molar-refractivity contribution >= 4 is 23.3 Å². The summed E-state index contributed by atoms with van der Waals surface area (Å²) >= 11 is 5.97. The van der Waals surface area contributed by atoms with Gasteiger partial charge in [-0.15, -0.1) is 0 Å². The largest absolute Gasteiger partial charge is 0.495 e. The maximum Gasteiger partial charge on any atom is 0.319 e. The fourth-order valence-electron chi connectivity index (χ4n) is 5.91. The minimum Gasteiger partial charge on any atom is -0.495 e. The lowest BCUT2D eigenvalue weighted by Gasteiger charge is -2.52. The van der Waals surface area contributed by atoms with Crippen LogP contribution in [0.2, 0.25) is 5.02 Å². The predicted octanol–water partition coefficient (Wildman–Crippen LogP) is 5.03. The first kappa shape index (κ1) is 25.7. The molecule has 0 aliphatic carbocycles. The standard InChI is InChI=1S/C27H38ClN5O2/c1-26(2)14-20(15-27(3,4)32-26)33-13-12-24(22(17-33)23-11-10-21(35-5)16-29-23)31-25(34)30-19-8-6-18(28)7-9-19/h6-11,16,20,22,24,32H,12-15,17H2,1-5H3,(H2,30,31,34)/t22-,24+/m0/s1. The number of amides is 2. The molecule has 0 unspecified atom stereocenters. The van der Waals surface area contributed by atoms with Gasteiger partial charge >= 0.3 is 6.03 Å². The van der Waals surface area contributed by atoms with Gasteiger partial charge in [0.2, 0.25) is 0 Å². The number of aromatic nitrogens is 1. The van der Waals surface area contributed by atoms with Crippen molar-refractivity contribution in [3.63, 3.8) is 0 Å². The summed E-state index contributed by atoms with van der Waals surface area (Å²) in [6.07, 6.45) is 4.80. The second kappa shape index (κ2) is 10.3. The van der Waals surface area contributed by atoms with Gasteiger partial charge in [0, 0.05) is 58.6 Å². The lowest BCUT2D eigenvalue weighted by atomic mass is 9.77. The Morgan fingerprint density at radius 1 is 1.11 bits per heavy atom. The number of carbonyl (C=O) groups is 1. The first-order chi connectivity index (χ1) is 16.5. The van der Waals surface area contributed by atoms with E-state index < -0.39 is 0 Å². The van der Waals surface area contributed by atoms with Gasteiger partial charge in [0.25, 0.3) is 0 Å². The van der Waals surface area contributed by atoms with Gasteiger partial charge < -0.3 is 20.7 Å². The normalized spacial score (nSPS) is 24.5. The molecule has 35 heavy (non-hydrogen) atoms. The van der Waals surface area contributed by atoms with Crippen molar-refractivity contribution in [3.8, 4) is 5.75 Å². The Bertz CT molecular complexity index is 993. The highest BCUT2D eigenvalue weighted by Crippen LogP contribution is 2.36. The van der Waals surface area contributed by atoms with Gasteiger partial charge in [-0.1, -0.05) is 11.6 Å². The molecule has 0 bridgehead atoms. The number of nitrogens with one attached hydrogen (secondary N) is 3. The van der Waals surface area contributed by atoms with Gasteiger partial charge in [-0.3, -0.25) is 9.88 Å². The van der Waals surface area contributed by atoms with Crippen LogP contribution in [-0.2, 0) is 0 Å². The Morgan fingerprint density at radius 2 is 1.80 bits per heavy atom. The molecule has 2 fully saturated rings. The van der Waals surface area contributed by atoms with E-state index in [1.54, 1.807) is 37.6 Å². The van der Waals surface area contributed by atoms with Crippen LogP contribution in [0.25, 0.3) is 0 Å².